The monoisotopic (exact) mass is 294 g/mol. The molecule has 0 fully saturated rings. The van der Waals surface area contributed by atoms with Gasteiger partial charge in [0.2, 0.25) is 0 Å². The summed E-state index contributed by atoms with van der Waals surface area (Å²) in [5.74, 6) is 0. The maximum Gasteiger partial charge on any atom is 0.264 e. The first kappa shape index (κ1) is 15.5. The average molecular weight is 295 g/mol. The zero-order valence-corrected chi connectivity index (χ0v) is 12.5. The highest BCUT2D eigenvalue weighted by Gasteiger charge is 2.21. The van der Waals surface area contributed by atoms with E-state index >= 15 is 0 Å². The smallest absolute Gasteiger partial charge is 0.264 e. The van der Waals surface area contributed by atoms with Crippen molar-refractivity contribution in [2.24, 2.45) is 0 Å². The molecule has 0 N–H and O–H groups in total. The van der Waals surface area contributed by atoms with Crippen LogP contribution in [-0.2, 0) is 26.9 Å². The van der Waals surface area contributed by atoms with Crippen LogP contribution in [0.4, 0.5) is 0 Å². The molecule has 0 saturated heterocycles. The molecule has 1 aromatic rings. The van der Waals surface area contributed by atoms with Crippen molar-refractivity contribution in [3.8, 4) is 0 Å². The highest BCUT2D eigenvalue weighted by Crippen LogP contribution is 2.21. The van der Waals surface area contributed by atoms with Crippen molar-refractivity contribution in [1.29, 1.82) is 0 Å². The third-order valence-electron chi connectivity index (χ3n) is 2.69. The Bertz CT molecular complexity index is 484. The van der Waals surface area contributed by atoms with E-state index in [1.807, 2.05) is 20.8 Å². The Labute approximate surface area is 113 Å². The lowest BCUT2D eigenvalue weighted by molar-refractivity contribution is 0.0453. The number of aryl methyl sites for hydroxylation is 1. The molecule has 0 aromatic carbocycles. The minimum absolute atomic E-state index is 0.0425. The van der Waals surface area contributed by atoms with Gasteiger partial charge in [0, 0.05) is 17.2 Å². The zero-order valence-electron chi connectivity index (χ0n) is 10.9. The van der Waals surface area contributed by atoms with Gasteiger partial charge in [-0.1, -0.05) is 13.8 Å². The summed E-state index contributed by atoms with van der Waals surface area (Å²) < 4.78 is 30.1. The summed E-state index contributed by atoms with van der Waals surface area (Å²) in [5.41, 5.74) is 0.521. The maximum absolute atomic E-state index is 11.4. The van der Waals surface area contributed by atoms with Crippen molar-refractivity contribution >= 4 is 19.7 Å². The lowest BCUT2D eigenvalue weighted by Crippen LogP contribution is -2.12. The normalized spacial score (nSPS) is 13.8. The summed E-state index contributed by atoms with van der Waals surface area (Å²) in [6, 6.07) is 0. The van der Waals surface area contributed by atoms with E-state index in [-0.39, 0.29) is 17.6 Å². The lowest BCUT2D eigenvalue weighted by atomic mass is 10.3. The quantitative estimate of drug-likeness (QED) is 0.725. The van der Waals surface area contributed by atoms with Crippen molar-refractivity contribution in [2.75, 3.05) is 0 Å². The fraction of sp³-hybridized carbons (Fsp3) is 0.727. The van der Waals surface area contributed by atoms with Crippen LogP contribution in [0.25, 0.3) is 0 Å². The van der Waals surface area contributed by atoms with Gasteiger partial charge in [0.25, 0.3) is 9.05 Å². The molecule has 0 saturated carbocycles. The van der Waals surface area contributed by atoms with Gasteiger partial charge in [-0.25, -0.2) is 8.42 Å². The van der Waals surface area contributed by atoms with E-state index in [1.165, 1.54) is 6.20 Å². The van der Waals surface area contributed by atoms with Crippen LogP contribution in [-0.4, -0.2) is 24.3 Å². The predicted octanol–water partition coefficient (Wildman–Crippen LogP) is 2.54. The molecule has 0 amide bonds. The SMILES string of the molecule is CCCn1ncc(S(=O)(=O)Cl)c1CO[C@H](C)CC. The van der Waals surface area contributed by atoms with Crippen LogP contribution in [0.15, 0.2) is 11.1 Å². The number of nitrogens with zero attached hydrogens (tertiary/aromatic N) is 2. The average Bonchev–Trinajstić information content (AvgIpc) is 2.69. The Hall–Kier alpha value is -0.590. The fourth-order valence-corrected chi connectivity index (χ4v) is 2.49. The molecule has 0 aliphatic carbocycles. The first-order valence-corrected chi connectivity index (χ1v) is 8.32. The third kappa shape index (κ3) is 3.96. The molecule has 104 valence electrons. The zero-order chi connectivity index (χ0) is 13.8. The molecule has 0 unspecified atom stereocenters. The molecule has 0 aliphatic rings. The van der Waals surface area contributed by atoms with Gasteiger partial charge in [-0.3, -0.25) is 4.68 Å². The fourth-order valence-electron chi connectivity index (χ4n) is 1.49. The van der Waals surface area contributed by atoms with Crippen LogP contribution < -0.4 is 0 Å². The van der Waals surface area contributed by atoms with Crippen LogP contribution >= 0.6 is 10.7 Å². The molecule has 7 heteroatoms. The Balaban J connectivity index is 3.00. The van der Waals surface area contributed by atoms with Crippen LogP contribution in [0.3, 0.4) is 0 Å². The number of ether oxygens (including phenoxy) is 1. The number of aromatic nitrogens is 2. The maximum atomic E-state index is 11.4. The summed E-state index contributed by atoms with van der Waals surface area (Å²) in [6.45, 7) is 6.79. The second kappa shape index (κ2) is 6.54. The molecular formula is C11H19ClN2O3S. The summed E-state index contributed by atoms with van der Waals surface area (Å²) in [7, 11) is 1.61. The minimum atomic E-state index is -3.78. The minimum Gasteiger partial charge on any atom is -0.372 e. The predicted molar refractivity (Wildman–Crippen MR) is 70.1 cm³/mol. The number of rotatable bonds is 7. The summed E-state index contributed by atoms with van der Waals surface area (Å²) in [5, 5.41) is 4.05. The Morgan fingerprint density at radius 1 is 1.50 bits per heavy atom. The summed E-state index contributed by atoms with van der Waals surface area (Å²) in [6.07, 6.45) is 3.08. The molecule has 0 aliphatic heterocycles. The van der Waals surface area contributed by atoms with E-state index < -0.39 is 9.05 Å². The van der Waals surface area contributed by atoms with Crippen molar-refractivity contribution in [3.63, 3.8) is 0 Å². The van der Waals surface area contributed by atoms with Gasteiger partial charge in [0.1, 0.15) is 4.90 Å². The van der Waals surface area contributed by atoms with E-state index in [1.54, 1.807) is 4.68 Å². The molecule has 0 spiro atoms. The first-order valence-electron chi connectivity index (χ1n) is 6.01. The van der Waals surface area contributed by atoms with Gasteiger partial charge in [-0.2, -0.15) is 5.10 Å². The number of hydrogen-bond donors (Lipinski definition) is 0. The first-order chi connectivity index (χ1) is 8.40. The topological polar surface area (TPSA) is 61.2 Å². The molecule has 1 aromatic heterocycles. The Morgan fingerprint density at radius 3 is 2.67 bits per heavy atom. The van der Waals surface area contributed by atoms with Gasteiger partial charge >= 0.3 is 0 Å². The van der Waals surface area contributed by atoms with Gasteiger partial charge in [0.15, 0.2) is 0 Å². The lowest BCUT2D eigenvalue weighted by Gasteiger charge is -2.12. The van der Waals surface area contributed by atoms with Crippen molar-refractivity contribution < 1.29 is 13.2 Å². The second-order valence-electron chi connectivity index (χ2n) is 4.15. The number of halogens is 1. The molecule has 0 radical (unpaired) electrons. The molecular weight excluding hydrogens is 276 g/mol. The van der Waals surface area contributed by atoms with Gasteiger partial charge in [-0.15, -0.1) is 0 Å². The molecule has 1 heterocycles. The highest BCUT2D eigenvalue weighted by molar-refractivity contribution is 8.13. The van der Waals surface area contributed by atoms with Crippen molar-refractivity contribution in [1.82, 2.24) is 9.78 Å². The molecule has 5 nitrogen and oxygen atoms in total. The Morgan fingerprint density at radius 2 is 2.17 bits per heavy atom. The van der Waals surface area contributed by atoms with E-state index in [0.29, 0.717) is 12.2 Å². The standard InChI is InChI=1S/C11H19ClN2O3S/c1-4-6-14-10(8-17-9(3)5-2)11(7-13-14)18(12,15)16/h7,9H,4-6,8H2,1-3H3/t9-/m1/s1. The van der Waals surface area contributed by atoms with E-state index in [2.05, 4.69) is 5.10 Å². The summed E-state index contributed by atoms with van der Waals surface area (Å²) >= 11 is 0. The van der Waals surface area contributed by atoms with Crippen molar-refractivity contribution in [3.05, 3.63) is 11.9 Å². The molecule has 1 rings (SSSR count). The number of hydrogen-bond acceptors (Lipinski definition) is 4. The highest BCUT2D eigenvalue weighted by atomic mass is 35.7. The summed E-state index contributed by atoms with van der Waals surface area (Å²) in [4.78, 5) is 0.0425. The largest absolute Gasteiger partial charge is 0.372 e. The van der Waals surface area contributed by atoms with Crippen LogP contribution in [0.2, 0.25) is 0 Å². The van der Waals surface area contributed by atoms with Gasteiger partial charge in [-0.05, 0) is 19.8 Å². The third-order valence-corrected chi connectivity index (χ3v) is 4.05. The van der Waals surface area contributed by atoms with Crippen LogP contribution in [0.5, 0.6) is 0 Å². The van der Waals surface area contributed by atoms with Crippen molar-refractivity contribution in [2.45, 2.75) is 57.8 Å². The van der Waals surface area contributed by atoms with E-state index in [0.717, 1.165) is 12.8 Å². The van der Waals surface area contributed by atoms with Gasteiger partial charge in [0.05, 0.1) is 24.6 Å². The second-order valence-corrected chi connectivity index (χ2v) is 6.68. The van der Waals surface area contributed by atoms with E-state index in [4.69, 9.17) is 15.4 Å². The molecule has 0 bridgehead atoms. The molecule has 18 heavy (non-hydrogen) atoms. The van der Waals surface area contributed by atoms with E-state index in [9.17, 15) is 8.42 Å². The van der Waals surface area contributed by atoms with Gasteiger partial charge < -0.3 is 4.74 Å². The molecule has 1 atom stereocenters. The Kier molecular flexibility index (Phi) is 5.62. The van der Waals surface area contributed by atoms with Crippen LogP contribution in [0.1, 0.15) is 39.3 Å². The van der Waals surface area contributed by atoms with Crippen LogP contribution in [0, 0.1) is 0 Å².